The van der Waals surface area contributed by atoms with E-state index in [9.17, 15) is 28.4 Å². The molecule has 0 aliphatic carbocycles. The van der Waals surface area contributed by atoms with E-state index in [1.807, 2.05) is 0 Å². The molecule has 0 spiro atoms. The molecule has 12 nitrogen and oxygen atoms in total. The second-order valence-electron chi connectivity index (χ2n) is 6.84. The molecule has 34 heavy (non-hydrogen) atoms. The first-order valence-electron chi connectivity index (χ1n) is 9.55. The lowest BCUT2D eigenvalue weighted by Gasteiger charge is -2.08. The van der Waals surface area contributed by atoms with Crippen LogP contribution < -0.4 is 15.5 Å². The van der Waals surface area contributed by atoms with Gasteiger partial charge in [0.1, 0.15) is 6.07 Å². The van der Waals surface area contributed by atoms with Gasteiger partial charge in [-0.3, -0.25) is 10.2 Å². The van der Waals surface area contributed by atoms with Gasteiger partial charge in [-0.25, -0.2) is 17.9 Å². The maximum atomic E-state index is 12.5. The number of amides is 1. The fraction of sp³-hybridized carbons (Fsp3) is 0.0952. The van der Waals surface area contributed by atoms with Gasteiger partial charge < -0.3 is 14.9 Å². The maximum Gasteiger partial charge on any atom is 0.337 e. The molecular weight excluding hydrogens is 464 g/mol. The van der Waals surface area contributed by atoms with E-state index in [1.165, 1.54) is 48.5 Å². The summed E-state index contributed by atoms with van der Waals surface area (Å²) in [5.74, 6) is -2.16. The minimum Gasteiger partial charge on any atom is -0.478 e. The highest BCUT2D eigenvalue weighted by atomic mass is 32.2. The summed E-state index contributed by atoms with van der Waals surface area (Å²) in [6.07, 6.45) is 0. The Labute approximate surface area is 193 Å². The number of para-hydroxylation sites is 1. The number of rotatable bonds is 8. The molecule has 1 amide bonds. The minimum atomic E-state index is -3.95. The molecule has 3 rings (SSSR count). The molecule has 0 aliphatic rings. The predicted molar refractivity (Wildman–Crippen MR) is 122 cm³/mol. The summed E-state index contributed by atoms with van der Waals surface area (Å²) >= 11 is 0. The first kappa shape index (κ1) is 24.0. The summed E-state index contributed by atoms with van der Waals surface area (Å²) in [6, 6.07) is 12.6. The lowest BCUT2D eigenvalue weighted by molar-refractivity contribution is -0.110. The van der Waals surface area contributed by atoms with Crippen molar-refractivity contribution in [3.05, 3.63) is 65.4 Å². The molecule has 0 unspecified atom stereocenters. The third-order valence-corrected chi connectivity index (χ3v) is 5.92. The number of hydrogen-bond acceptors (Lipinski definition) is 9. The molecule has 1 heterocycles. The van der Waals surface area contributed by atoms with E-state index in [1.54, 1.807) is 19.9 Å². The maximum absolute atomic E-state index is 12.5. The van der Waals surface area contributed by atoms with Crippen molar-refractivity contribution in [2.45, 2.75) is 18.7 Å². The normalized spacial score (nSPS) is 11.4. The second kappa shape index (κ2) is 9.84. The highest BCUT2D eigenvalue weighted by molar-refractivity contribution is 7.92. The Balaban J connectivity index is 1.71. The highest BCUT2D eigenvalue weighted by Crippen LogP contribution is 2.22. The van der Waals surface area contributed by atoms with Crippen molar-refractivity contribution in [2.75, 3.05) is 15.5 Å². The highest BCUT2D eigenvalue weighted by Gasteiger charge is 2.19. The fourth-order valence-electron chi connectivity index (χ4n) is 2.61. The number of carbonyl (C=O) groups is 2. The molecule has 2 aromatic carbocycles. The van der Waals surface area contributed by atoms with Gasteiger partial charge >= 0.3 is 5.97 Å². The van der Waals surface area contributed by atoms with Gasteiger partial charge in [-0.2, -0.15) is 10.4 Å². The summed E-state index contributed by atoms with van der Waals surface area (Å²) in [7, 11) is -3.95. The number of sulfonamides is 1. The summed E-state index contributed by atoms with van der Waals surface area (Å²) in [4.78, 5) is 23.5. The summed E-state index contributed by atoms with van der Waals surface area (Å²) in [5, 5.41) is 28.2. The third kappa shape index (κ3) is 5.37. The van der Waals surface area contributed by atoms with Crippen LogP contribution in [-0.2, 0) is 14.8 Å². The molecule has 174 valence electrons. The van der Waals surface area contributed by atoms with Gasteiger partial charge in [0.05, 0.1) is 27.5 Å². The number of hydrogen-bond donors (Lipinski definition) is 4. The van der Waals surface area contributed by atoms with Crippen LogP contribution in [0.15, 0.2) is 63.1 Å². The van der Waals surface area contributed by atoms with Crippen LogP contribution in [-0.4, -0.2) is 36.3 Å². The van der Waals surface area contributed by atoms with Gasteiger partial charge in [0.25, 0.3) is 15.9 Å². The SMILES string of the molecule is Cc1noc(NS(=O)(=O)c2ccc(NN=C(C#N)C(=O)Nc3ccccc3C(=O)O)cc2)c1C. The van der Waals surface area contributed by atoms with E-state index in [4.69, 9.17) is 4.52 Å². The number of carbonyl (C=O) groups excluding carboxylic acids is 1. The Morgan fingerprint density at radius 1 is 1.12 bits per heavy atom. The number of aromatic nitrogens is 1. The molecular formula is C21H18N6O6S. The lowest BCUT2D eigenvalue weighted by atomic mass is 10.1. The molecule has 0 radical (unpaired) electrons. The second-order valence-corrected chi connectivity index (χ2v) is 8.52. The van der Waals surface area contributed by atoms with Crippen LogP contribution in [0.4, 0.5) is 17.3 Å². The van der Waals surface area contributed by atoms with Gasteiger partial charge in [-0.1, -0.05) is 17.3 Å². The Morgan fingerprint density at radius 2 is 1.79 bits per heavy atom. The Morgan fingerprint density at radius 3 is 2.38 bits per heavy atom. The standard InChI is InChI=1S/C21H18N6O6S/c1-12-13(2)26-33-20(12)27-34(31,32)15-9-7-14(8-10-15)24-25-18(11-22)19(28)23-17-6-4-3-5-16(17)21(29)30/h3-10,24,27H,1-2H3,(H,23,28)(H,29,30). The number of carboxylic acid groups (broad SMARTS) is 1. The zero-order valence-corrected chi connectivity index (χ0v) is 18.7. The van der Waals surface area contributed by atoms with Crippen LogP contribution in [0.1, 0.15) is 21.6 Å². The molecule has 4 N–H and O–H groups in total. The van der Waals surface area contributed by atoms with Crippen LogP contribution in [0.25, 0.3) is 0 Å². The number of aryl methyl sites for hydroxylation is 1. The Hall–Kier alpha value is -4.70. The summed E-state index contributed by atoms with van der Waals surface area (Å²) in [5.41, 5.74) is 3.17. The van der Waals surface area contributed by atoms with Crippen LogP contribution in [0, 0.1) is 25.2 Å². The molecule has 1 aromatic heterocycles. The molecule has 0 bridgehead atoms. The van der Waals surface area contributed by atoms with E-state index in [-0.39, 0.29) is 27.7 Å². The number of nitrogens with one attached hydrogen (secondary N) is 3. The topological polar surface area (TPSA) is 187 Å². The van der Waals surface area contributed by atoms with Crippen molar-refractivity contribution in [3.63, 3.8) is 0 Å². The third-order valence-electron chi connectivity index (χ3n) is 4.57. The molecule has 0 aliphatic heterocycles. The van der Waals surface area contributed by atoms with Crippen molar-refractivity contribution < 1.29 is 27.6 Å². The van der Waals surface area contributed by atoms with Gasteiger partial charge in [-0.05, 0) is 50.2 Å². The molecule has 13 heteroatoms. The molecule has 0 fully saturated rings. The number of nitriles is 1. The van der Waals surface area contributed by atoms with Crippen molar-refractivity contribution in [3.8, 4) is 6.07 Å². The first-order chi connectivity index (χ1) is 16.1. The zero-order valence-electron chi connectivity index (χ0n) is 17.9. The molecule has 0 saturated carbocycles. The Kier molecular flexibility index (Phi) is 6.93. The summed E-state index contributed by atoms with van der Waals surface area (Å²) in [6.45, 7) is 3.34. The predicted octanol–water partition coefficient (Wildman–Crippen LogP) is 2.72. The van der Waals surface area contributed by atoms with Crippen molar-refractivity contribution in [2.24, 2.45) is 5.10 Å². The fourth-order valence-corrected chi connectivity index (χ4v) is 3.65. The minimum absolute atomic E-state index is 0.00203. The summed E-state index contributed by atoms with van der Waals surface area (Å²) < 4.78 is 32.4. The molecule has 0 saturated heterocycles. The van der Waals surface area contributed by atoms with Crippen LogP contribution in [0.3, 0.4) is 0 Å². The largest absolute Gasteiger partial charge is 0.478 e. The van der Waals surface area contributed by atoms with Gasteiger partial charge in [-0.15, -0.1) is 0 Å². The first-order valence-corrected chi connectivity index (χ1v) is 11.0. The lowest BCUT2D eigenvalue weighted by Crippen LogP contribution is -2.23. The smallest absolute Gasteiger partial charge is 0.337 e. The number of aromatic carboxylic acids is 1. The van der Waals surface area contributed by atoms with Crippen LogP contribution in [0.2, 0.25) is 0 Å². The monoisotopic (exact) mass is 482 g/mol. The number of hydrazone groups is 1. The number of benzene rings is 2. The van der Waals surface area contributed by atoms with Crippen LogP contribution >= 0.6 is 0 Å². The average molecular weight is 482 g/mol. The van der Waals surface area contributed by atoms with Gasteiger partial charge in [0, 0.05) is 5.56 Å². The van der Waals surface area contributed by atoms with E-state index < -0.39 is 27.6 Å². The van der Waals surface area contributed by atoms with Gasteiger partial charge in [0.15, 0.2) is 0 Å². The van der Waals surface area contributed by atoms with Crippen molar-refractivity contribution >= 4 is 44.9 Å². The van der Waals surface area contributed by atoms with E-state index in [0.29, 0.717) is 11.3 Å². The van der Waals surface area contributed by atoms with E-state index >= 15 is 0 Å². The molecule has 0 atom stereocenters. The van der Waals surface area contributed by atoms with Crippen molar-refractivity contribution in [1.29, 1.82) is 5.26 Å². The quantitative estimate of drug-likeness (QED) is 0.276. The van der Waals surface area contributed by atoms with E-state index in [2.05, 4.69) is 25.7 Å². The van der Waals surface area contributed by atoms with Crippen LogP contribution in [0.5, 0.6) is 0 Å². The van der Waals surface area contributed by atoms with E-state index in [0.717, 1.165) is 0 Å². The number of nitrogens with zero attached hydrogens (tertiary/aromatic N) is 3. The number of carboxylic acids is 1. The average Bonchev–Trinajstić information content (AvgIpc) is 3.11. The zero-order chi connectivity index (χ0) is 24.9. The van der Waals surface area contributed by atoms with Gasteiger partial charge in [0.2, 0.25) is 11.6 Å². The number of anilines is 3. The Bertz CT molecular complexity index is 1420. The molecule has 3 aromatic rings. The van der Waals surface area contributed by atoms with Crippen molar-refractivity contribution in [1.82, 2.24) is 5.16 Å².